The van der Waals surface area contributed by atoms with Crippen molar-refractivity contribution in [2.75, 3.05) is 0 Å². The minimum atomic E-state index is -0.132. The average molecular weight is 389 g/mol. The zero-order valence-corrected chi connectivity index (χ0v) is 17.9. The number of hydrogen-bond acceptors (Lipinski definition) is 4. The lowest BCUT2D eigenvalue weighted by atomic mass is 9.45. The summed E-state index contributed by atoms with van der Waals surface area (Å²) in [6.07, 6.45) is 10.6. The molecule has 0 saturated heterocycles. The Balaban J connectivity index is 1.52. The molecule has 5 nitrogen and oxygen atoms in total. The highest BCUT2D eigenvalue weighted by Crippen LogP contribution is 2.65. The van der Waals surface area contributed by atoms with Gasteiger partial charge in [0.25, 0.3) is 0 Å². The molecule has 0 spiro atoms. The first kappa shape index (κ1) is 19.9. The number of nitrogens with one attached hydrogen (secondary N) is 1. The van der Waals surface area contributed by atoms with Gasteiger partial charge in [0.2, 0.25) is 5.91 Å². The van der Waals surface area contributed by atoms with Gasteiger partial charge in [-0.05, 0) is 86.9 Å². The highest BCUT2D eigenvalue weighted by atomic mass is 16.5. The molecule has 0 aliphatic heterocycles. The second-order valence-corrected chi connectivity index (χ2v) is 10.4. The number of fused-ring (bicyclic) bond motifs is 5. The quantitative estimate of drug-likeness (QED) is 0.561. The first-order valence-corrected chi connectivity index (χ1v) is 11.2. The maximum Gasteiger partial charge on any atom is 0.302 e. The Kier molecular flexibility index (Phi) is 5.08. The Labute approximate surface area is 169 Å². The second-order valence-electron chi connectivity index (χ2n) is 10.4. The standard InChI is InChI=1S/C23H36N2O3/c1-14(26)24-25-21-8-7-19-18-6-5-16-13-17(28-15(2)27)9-11-22(16,3)20(18)10-12-23(19,21)4/h16-20H,5-13H2,1-4H3,(H,24,26)/b25-21+/t16-,17+,18-,19+,20-,22-,23-/m0/s1. The van der Waals surface area contributed by atoms with Gasteiger partial charge in [-0.25, -0.2) is 5.43 Å². The predicted octanol–water partition coefficient (Wildman–Crippen LogP) is 4.45. The van der Waals surface area contributed by atoms with Crippen molar-refractivity contribution in [1.29, 1.82) is 0 Å². The van der Waals surface area contributed by atoms with Gasteiger partial charge in [-0.3, -0.25) is 9.59 Å². The average Bonchev–Trinajstić information content (AvgIpc) is 2.96. The molecular formula is C23H36N2O3. The number of ether oxygens (including phenoxy) is 1. The molecule has 156 valence electrons. The van der Waals surface area contributed by atoms with E-state index in [2.05, 4.69) is 24.4 Å². The van der Waals surface area contributed by atoms with Crippen molar-refractivity contribution in [3.05, 3.63) is 0 Å². The van der Waals surface area contributed by atoms with Gasteiger partial charge in [0, 0.05) is 25.0 Å². The molecule has 1 amide bonds. The van der Waals surface area contributed by atoms with E-state index in [-0.39, 0.29) is 23.4 Å². The van der Waals surface area contributed by atoms with Crippen LogP contribution in [-0.2, 0) is 14.3 Å². The van der Waals surface area contributed by atoms with Crippen LogP contribution in [0, 0.1) is 34.5 Å². The van der Waals surface area contributed by atoms with Crippen LogP contribution in [-0.4, -0.2) is 23.7 Å². The first-order valence-electron chi connectivity index (χ1n) is 11.2. The number of rotatable bonds is 2. The summed E-state index contributed by atoms with van der Waals surface area (Å²) in [4.78, 5) is 22.7. The molecule has 0 bridgehead atoms. The van der Waals surface area contributed by atoms with Crippen LogP contribution in [0.25, 0.3) is 0 Å². The van der Waals surface area contributed by atoms with Gasteiger partial charge in [-0.2, -0.15) is 5.10 Å². The van der Waals surface area contributed by atoms with Crippen LogP contribution in [0.4, 0.5) is 0 Å². The van der Waals surface area contributed by atoms with Crippen LogP contribution in [0.15, 0.2) is 5.10 Å². The molecule has 4 rings (SSSR count). The molecule has 28 heavy (non-hydrogen) atoms. The fourth-order valence-corrected chi connectivity index (χ4v) is 7.68. The van der Waals surface area contributed by atoms with Crippen LogP contribution in [0.1, 0.15) is 85.5 Å². The third kappa shape index (κ3) is 3.19. The Hall–Kier alpha value is -1.39. The van der Waals surface area contributed by atoms with E-state index in [1.165, 1.54) is 58.1 Å². The topological polar surface area (TPSA) is 67.8 Å². The Bertz CT molecular complexity index is 689. The first-order chi connectivity index (χ1) is 13.2. The minimum Gasteiger partial charge on any atom is -0.463 e. The summed E-state index contributed by atoms with van der Waals surface area (Å²) in [5, 5.41) is 4.52. The maximum absolute atomic E-state index is 11.4. The van der Waals surface area contributed by atoms with Gasteiger partial charge in [0.15, 0.2) is 0 Å². The normalized spacial score (nSPS) is 46.3. The third-order valence-electron chi connectivity index (χ3n) is 9.04. The summed E-state index contributed by atoms with van der Waals surface area (Å²) < 4.78 is 5.58. The van der Waals surface area contributed by atoms with Gasteiger partial charge < -0.3 is 4.74 Å². The van der Waals surface area contributed by atoms with E-state index in [0.29, 0.717) is 17.3 Å². The summed E-state index contributed by atoms with van der Waals surface area (Å²) in [5.74, 6) is 2.73. The van der Waals surface area contributed by atoms with Crippen molar-refractivity contribution in [2.45, 2.75) is 91.6 Å². The zero-order chi connectivity index (χ0) is 20.1. The van der Waals surface area contributed by atoms with E-state index in [9.17, 15) is 9.59 Å². The molecule has 0 aromatic carbocycles. The summed E-state index contributed by atoms with van der Waals surface area (Å²) in [6, 6.07) is 0. The van der Waals surface area contributed by atoms with Crippen LogP contribution < -0.4 is 5.43 Å². The highest BCUT2D eigenvalue weighted by molar-refractivity contribution is 5.93. The molecule has 0 unspecified atom stereocenters. The molecule has 0 radical (unpaired) electrons. The number of carbonyl (C=O) groups is 2. The second kappa shape index (κ2) is 7.14. The van der Waals surface area contributed by atoms with E-state index in [4.69, 9.17) is 4.74 Å². The van der Waals surface area contributed by atoms with Crippen LogP contribution in [0.3, 0.4) is 0 Å². The molecule has 0 aromatic rings. The number of carbonyl (C=O) groups excluding carboxylic acids is 2. The van der Waals surface area contributed by atoms with Crippen LogP contribution in [0.5, 0.6) is 0 Å². The molecule has 4 saturated carbocycles. The number of esters is 1. The van der Waals surface area contributed by atoms with Crippen LogP contribution >= 0.6 is 0 Å². The number of hydrogen-bond donors (Lipinski definition) is 1. The molecule has 4 aliphatic carbocycles. The number of amides is 1. The third-order valence-corrected chi connectivity index (χ3v) is 9.04. The summed E-state index contributed by atoms with van der Waals surface area (Å²) in [7, 11) is 0. The van der Waals surface area contributed by atoms with Crippen molar-refractivity contribution in [3.8, 4) is 0 Å². The lowest BCUT2D eigenvalue weighted by molar-refractivity contribution is -0.158. The van der Waals surface area contributed by atoms with E-state index >= 15 is 0 Å². The number of hydrazone groups is 1. The number of nitrogens with zero attached hydrogens (tertiary/aromatic N) is 1. The fourth-order valence-electron chi connectivity index (χ4n) is 7.68. The predicted molar refractivity (Wildman–Crippen MR) is 109 cm³/mol. The van der Waals surface area contributed by atoms with Crippen molar-refractivity contribution in [1.82, 2.24) is 5.43 Å². The summed E-state index contributed by atoms with van der Waals surface area (Å²) in [6.45, 7) is 7.99. The van der Waals surface area contributed by atoms with Gasteiger partial charge >= 0.3 is 5.97 Å². The Morgan fingerprint density at radius 2 is 1.82 bits per heavy atom. The van der Waals surface area contributed by atoms with Crippen molar-refractivity contribution in [2.24, 2.45) is 39.6 Å². The van der Waals surface area contributed by atoms with Crippen molar-refractivity contribution >= 4 is 17.6 Å². The van der Waals surface area contributed by atoms with E-state index in [1.54, 1.807) is 0 Å². The highest BCUT2D eigenvalue weighted by Gasteiger charge is 2.59. The van der Waals surface area contributed by atoms with E-state index < -0.39 is 0 Å². The molecule has 5 heteroatoms. The van der Waals surface area contributed by atoms with Gasteiger partial charge in [0.1, 0.15) is 6.10 Å². The minimum absolute atomic E-state index is 0.0780. The molecule has 0 aromatic heterocycles. The van der Waals surface area contributed by atoms with Gasteiger partial charge in [0.05, 0.1) is 0 Å². The van der Waals surface area contributed by atoms with Crippen molar-refractivity contribution < 1.29 is 14.3 Å². The molecule has 1 N–H and O–H groups in total. The molecule has 7 atom stereocenters. The lowest BCUT2D eigenvalue weighted by Crippen LogP contribution is -2.54. The summed E-state index contributed by atoms with van der Waals surface area (Å²) in [5.41, 5.74) is 4.46. The summed E-state index contributed by atoms with van der Waals surface area (Å²) >= 11 is 0. The smallest absolute Gasteiger partial charge is 0.302 e. The zero-order valence-electron chi connectivity index (χ0n) is 17.9. The van der Waals surface area contributed by atoms with E-state index in [0.717, 1.165) is 31.1 Å². The van der Waals surface area contributed by atoms with Crippen LogP contribution in [0.2, 0.25) is 0 Å². The SMILES string of the molecule is CC(=O)N/N=C1\CC[C@@H]2[C@@H]3CC[C@H]4C[C@H](OC(C)=O)CC[C@]4(C)[C@H]3CC[C@]12C. The van der Waals surface area contributed by atoms with Gasteiger partial charge in [-0.1, -0.05) is 13.8 Å². The van der Waals surface area contributed by atoms with Gasteiger partial charge in [-0.15, -0.1) is 0 Å². The molecule has 0 heterocycles. The Morgan fingerprint density at radius 1 is 1.04 bits per heavy atom. The largest absolute Gasteiger partial charge is 0.463 e. The maximum atomic E-state index is 11.4. The van der Waals surface area contributed by atoms with Crippen molar-refractivity contribution in [3.63, 3.8) is 0 Å². The lowest BCUT2D eigenvalue weighted by Gasteiger charge is -2.60. The Morgan fingerprint density at radius 3 is 2.54 bits per heavy atom. The molecule has 4 aliphatic rings. The molecule has 4 fully saturated rings. The molecular weight excluding hydrogens is 352 g/mol. The van der Waals surface area contributed by atoms with E-state index in [1.807, 2.05) is 0 Å². The fraction of sp³-hybridized carbons (Fsp3) is 0.870. The monoisotopic (exact) mass is 388 g/mol.